The van der Waals surface area contributed by atoms with Crippen LogP contribution in [0.4, 0.5) is 0 Å². The smallest absolute Gasteiger partial charge is 0.00187 e. The van der Waals surface area contributed by atoms with E-state index in [2.05, 4.69) is 44.7 Å². The molecule has 0 saturated carbocycles. The molecule has 1 heteroatoms. The molecule has 0 nitrogen and oxygen atoms in total. The molecular weight excluding hydrogens is 212 g/mol. The Morgan fingerprint density at radius 1 is 1.06 bits per heavy atom. The molecule has 0 N–H and O–H groups in total. The maximum absolute atomic E-state index is 2.38. The summed E-state index contributed by atoms with van der Waals surface area (Å²) in [6.07, 6.45) is 15.6. The van der Waals surface area contributed by atoms with E-state index in [1.165, 1.54) is 57.1 Å². The molecule has 0 aliphatic carbocycles. The number of hydrogen-bond donors (Lipinski definition) is 0. The lowest BCUT2D eigenvalue weighted by atomic mass is 10.1. The van der Waals surface area contributed by atoms with Gasteiger partial charge in [-0.3, -0.25) is 0 Å². The van der Waals surface area contributed by atoms with Crippen LogP contribution in [0, 0.1) is 0 Å². The van der Waals surface area contributed by atoms with Crippen LogP contribution >= 0.6 is 11.8 Å². The molecule has 0 aromatic heterocycles. The summed E-state index contributed by atoms with van der Waals surface area (Å²) in [7, 11) is 0. The molecule has 0 aromatic carbocycles. The largest absolute Gasteiger partial charge is 0.159 e. The molecule has 0 aromatic rings. The highest BCUT2D eigenvalue weighted by atomic mass is 32.2. The van der Waals surface area contributed by atoms with Gasteiger partial charge in [0.05, 0.1) is 0 Å². The van der Waals surface area contributed by atoms with Crippen molar-refractivity contribution in [3.8, 4) is 0 Å². The molecule has 0 amide bonds. The molecule has 0 fully saturated rings. The van der Waals surface area contributed by atoms with Gasteiger partial charge in [0.25, 0.3) is 0 Å². The second-order valence-corrected chi connectivity index (χ2v) is 6.14. The Labute approximate surface area is 107 Å². The zero-order chi connectivity index (χ0) is 12.1. The van der Waals surface area contributed by atoms with E-state index in [0.717, 1.165) is 5.25 Å². The normalized spacial score (nSPS) is 13.4. The van der Waals surface area contributed by atoms with Crippen LogP contribution < -0.4 is 0 Å². The quantitative estimate of drug-likeness (QED) is 0.325. The van der Waals surface area contributed by atoms with Crippen LogP contribution in [0.3, 0.4) is 0 Å². The molecule has 1 atom stereocenters. The molecule has 0 aliphatic heterocycles. The molecule has 0 saturated heterocycles. The van der Waals surface area contributed by atoms with Gasteiger partial charge in [-0.25, -0.2) is 0 Å². The van der Waals surface area contributed by atoms with Crippen LogP contribution in [-0.4, -0.2) is 11.0 Å². The van der Waals surface area contributed by atoms with Crippen molar-refractivity contribution in [3.63, 3.8) is 0 Å². The van der Waals surface area contributed by atoms with E-state index in [1.54, 1.807) is 0 Å². The van der Waals surface area contributed by atoms with Gasteiger partial charge in [0.2, 0.25) is 0 Å². The Kier molecular flexibility index (Phi) is 13.2. The third-order valence-corrected chi connectivity index (χ3v) is 4.27. The molecule has 0 aliphatic rings. The van der Waals surface area contributed by atoms with E-state index in [0.29, 0.717) is 0 Å². The van der Waals surface area contributed by atoms with Crippen LogP contribution in [0.2, 0.25) is 0 Å². The number of hydrogen-bond acceptors (Lipinski definition) is 1. The minimum Gasteiger partial charge on any atom is -0.159 e. The van der Waals surface area contributed by atoms with E-state index in [9.17, 15) is 0 Å². The van der Waals surface area contributed by atoms with Crippen molar-refractivity contribution in [1.82, 2.24) is 0 Å². The zero-order valence-corrected chi connectivity index (χ0v) is 12.3. The summed E-state index contributed by atoms with van der Waals surface area (Å²) in [4.78, 5) is 0. The first-order valence-corrected chi connectivity index (χ1v) is 8.08. The first-order valence-electron chi connectivity index (χ1n) is 7.04. The van der Waals surface area contributed by atoms with E-state index in [-0.39, 0.29) is 0 Å². The van der Waals surface area contributed by atoms with E-state index in [4.69, 9.17) is 0 Å². The minimum absolute atomic E-state index is 0.878. The summed E-state index contributed by atoms with van der Waals surface area (Å²) in [5.74, 6) is 1.34. The Balaban J connectivity index is 3.08. The van der Waals surface area contributed by atoms with Gasteiger partial charge in [0, 0.05) is 5.25 Å². The van der Waals surface area contributed by atoms with Crippen LogP contribution in [0.25, 0.3) is 0 Å². The average Bonchev–Trinajstić information content (AvgIpc) is 2.30. The summed E-state index contributed by atoms with van der Waals surface area (Å²) < 4.78 is 0. The van der Waals surface area contributed by atoms with E-state index >= 15 is 0 Å². The molecule has 16 heavy (non-hydrogen) atoms. The molecule has 0 heterocycles. The van der Waals surface area contributed by atoms with Crippen molar-refractivity contribution >= 4 is 11.8 Å². The number of unbranched alkanes of at least 4 members (excludes halogenated alkanes) is 5. The molecule has 0 bridgehead atoms. The lowest BCUT2D eigenvalue weighted by Gasteiger charge is -2.09. The lowest BCUT2D eigenvalue weighted by molar-refractivity contribution is 0.596. The summed E-state index contributed by atoms with van der Waals surface area (Å²) in [5, 5.41) is 0.878. The Hall–Kier alpha value is 0.0900. The van der Waals surface area contributed by atoms with E-state index in [1.807, 2.05) is 0 Å². The number of thioether (sulfide) groups is 1. The molecule has 0 radical (unpaired) electrons. The Morgan fingerprint density at radius 3 is 2.44 bits per heavy atom. The molecule has 1 unspecified atom stereocenters. The van der Waals surface area contributed by atoms with Gasteiger partial charge in [-0.1, -0.05) is 51.7 Å². The topological polar surface area (TPSA) is 0 Å². The maximum atomic E-state index is 2.38. The fraction of sp³-hybridized carbons (Fsp3) is 0.867. The lowest BCUT2D eigenvalue weighted by Crippen LogP contribution is -1.97. The summed E-state index contributed by atoms with van der Waals surface area (Å²) in [5.41, 5.74) is 0. The monoisotopic (exact) mass is 242 g/mol. The third-order valence-electron chi connectivity index (χ3n) is 2.82. The second-order valence-electron chi connectivity index (χ2n) is 4.60. The van der Waals surface area contributed by atoms with Crippen LogP contribution in [0.5, 0.6) is 0 Å². The SMILES string of the molecule is C/C=C/CCCCCCCC(C)SCCC. The standard InChI is InChI=1S/C15H30S/c1-4-6-7-8-9-10-11-12-13-15(3)16-14-5-2/h4,6,15H,5,7-14H2,1-3H3/b6-4+. The van der Waals surface area contributed by atoms with Crippen molar-refractivity contribution in [2.75, 3.05) is 5.75 Å². The molecule has 0 rings (SSSR count). The highest BCUT2D eigenvalue weighted by Crippen LogP contribution is 2.18. The van der Waals surface area contributed by atoms with Crippen molar-refractivity contribution in [1.29, 1.82) is 0 Å². The van der Waals surface area contributed by atoms with Gasteiger partial charge in [-0.05, 0) is 38.4 Å². The molecule has 96 valence electrons. The Bertz CT molecular complexity index is 152. The maximum Gasteiger partial charge on any atom is 0.00187 e. The number of rotatable bonds is 11. The highest BCUT2D eigenvalue weighted by Gasteiger charge is 2.00. The zero-order valence-electron chi connectivity index (χ0n) is 11.5. The summed E-state index contributed by atoms with van der Waals surface area (Å²) >= 11 is 2.14. The van der Waals surface area contributed by atoms with Crippen molar-refractivity contribution in [2.45, 2.75) is 77.4 Å². The highest BCUT2D eigenvalue weighted by molar-refractivity contribution is 7.99. The van der Waals surface area contributed by atoms with Gasteiger partial charge in [-0.2, -0.15) is 11.8 Å². The van der Waals surface area contributed by atoms with Gasteiger partial charge in [0.1, 0.15) is 0 Å². The Morgan fingerprint density at radius 2 is 1.75 bits per heavy atom. The van der Waals surface area contributed by atoms with Crippen molar-refractivity contribution in [2.24, 2.45) is 0 Å². The molecular formula is C15H30S. The van der Waals surface area contributed by atoms with Gasteiger partial charge in [-0.15, -0.1) is 0 Å². The third kappa shape index (κ3) is 12.2. The average molecular weight is 242 g/mol. The minimum atomic E-state index is 0.878. The molecule has 0 spiro atoms. The van der Waals surface area contributed by atoms with Crippen LogP contribution in [-0.2, 0) is 0 Å². The summed E-state index contributed by atoms with van der Waals surface area (Å²) in [6.45, 7) is 6.76. The van der Waals surface area contributed by atoms with Crippen molar-refractivity contribution < 1.29 is 0 Å². The van der Waals surface area contributed by atoms with Crippen LogP contribution in [0.15, 0.2) is 12.2 Å². The predicted molar refractivity (Wildman–Crippen MR) is 79.3 cm³/mol. The van der Waals surface area contributed by atoms with Gasteiger partial charge < -0.3 is 0 Å². The van der Waals surface area contributed by atoms with E-state index < -0.39 is 0 Å². The van der Waals surface area contributed by atoms with Crippen LogP contribution in [0.1, 0.15) is 72.1 Å². The first kappa shape index (κ1) is 16.1. The number of allylic oxidation sites excluding steroid dienone is 2. The fourth-order valence-corrected chi connectivity index (χ4v) is 2.76. The predicted octanol–water partition coefficient (Wildman–Crippen LogP) is 5.82. The fourth-order valence-electron chi connectivity index (χ4n) is 1.79. The van der Waals surface area contributed by atoms with Gasteiger partial charge >= 0.3 is 0 Å². The van der Waals surface area contributed by atoms with Gasteiger partial charge in [0.15, 0.2) is 0 Å². The summed E-state index contributed by atoms with van der Waals surface area (Å²) in [6, 6.07) is 0. The first-order chi connectivity index (χ1) is 7.81. The second kappa shape index (κ2) is 13.2. The van der Waals surface area contributed by atoms with Crippen molar-refractivity contribution in [3.05, 3.63) is 12.2 Å².